The third kappa shape index (κ3) is 1.79. The Morgan fingerprint density at radius 2 is 1.40 bits per heavy atom. The molecule has 1 aromatic rings. The lowest BCUT2D eigenvalue weighted by Crippen LogP contribution is -1.71. The highest BCUT2D eigenvalue weighted by molar-refractivity contribution is 9.10. The highest BCUT2D eigenvalue weighted by Gasteiger charge is 2.02. The molecule has 0 spiro atoms. The minimum Gasteiger partial charge on any atom is -0.0826 e. The Balaban J connectivity index is 3.31. The van der Waals surface area contributed by atoms with Crippen LogP contribution >= 0.6 is 50.7 Å². The van der Waals surface area contributed by atoms with Gasteiger partial charge in [-0.3, -0.25) is 0 Å². The molecule has 0 aliphatic heterocycles. The van der Waals surface area contributed by atoms with E-state index in [9.17, 15) is 0 Å². The molecule has 4 heteroatoms. The molecular weight excluding hydrogens is 258 g/mol. The van der Waals surface area contributed by atoms with Gasteiger partial charge in [-0.1, -0.05) is 50.7 Å². The van der Waals surface area contributed by atoms with E-state index in [1.54, 1.807) is 12.1 Å². The van der Waals surface area contributed by atoms with Gasteiger partial charge in [0, 0.05) is 4.47 Å². The SMILES string of the molecule is Clc1cc(Br)cc(Cl)c1Cl. The predicted octanol–water partition coefficient (Wildman–Crippen LogP) is 4.41. The van der Waals surface area contributed by atoms with E-state index in [4.69, 9.17) is 34.8 Å². The van der Waals surface area contributed by atoms with Crippen molar-refractivity contribution in [3.05, 3.63) is 31.7 Å². The first-order chi connectivity index (χ1) is 4.61. The lowest BCUT2D eigenvalue weighted by atomic mass is 10.4. The summed E-state index contributed by atoms with van der Waals surface area (Å²) in [4.78, 5) is 0. The third-order valence-corrected chi connectivity index (χ3v) is 2.60. The van der Waals surface area contributed by atoms with E-state index in [-0.39, 0.29) is 0 Å². The molecule has 0 aromatic heterocycles. The topological polar surface area (TPSA) is 0 Å². The zero-order chi connectivity index (χ0) is 7.72. The van der Waals surface area contributed by atoms with E-state index in [0.29, 0.717) is 15.1 Å². The Morgan fingerprint density at radius 3 is 1.80 bits per heavy atom. The number of halogens is 4. The molecule has 1 rings (SSSR count). The minimum atomic E-state index is 0.395. The summed E-state index contributed by atoms with van der Waals surface area (Å²) < 4.78 is 0.826. The minimum absolute atomic E-state index is 0.395. The van der Waals surface area contributed by atoms with Gasteiger partial charge in [-0.25, -0.2) is 0 Å². The van der Waals surface area contributed by atoms with Crippen LogP contribution in [0.4, 0.5) is 0 Å². The van der Waals surface area contributed by atoms with E-state index in [1.165, 1.54) is 0 Å². The first-order valence-corrected chi connectivity index (χ1v) is 4.34. The molecule has 1 aromatic carbocycles. The molecule has 0 nitrogen and oxygen atoms in total. The summed E-state index contributed by atoms with van der Waals surface area (Å²) in [7, 11) is 0. The first-order valence-electron chi connectivity index (χ1n) is 2.41. The van der Waals surface area contributed by atoms with Gasteiger partial charge in [0.05, 0.1) is 15.1 Å². The molecular formula is C6H2BrCl3. The van der Waals surface area contributed by atoms with Crippen LogP contribution in [0.15, 0.2) is 16.6 Å². The Kier molecular flexibility index (Phi) is 2.87. The molecule has 0 radical (unpaired) electrons. The van der Waals surface area contributed by atoms with Crippen molar-refractivity contribution in [1.29, 1.82) is 0 Å². The largest absolute Gasteiger partial charge is 0.0826 e. The second kappa shape index (κ2) is 3.31. The predicted molar refractivity (Wildman–Crippen MR) is 49.2 cm³/mol. The van der Waals surface area contributed by atoms with Gasteiger partial charge in [-0.2, -0.15) is 0 Å². The molecule has 0 N–H and O–H groups in total. The van der Waals surface area contributed by atoms with Gasteiger partial charge < -0.3 is 0 Å². The second-order valence-electron chi connectivity index (χ2n) is 1.68. The van der Waals surface area contributed by atoms with Gasteiger partial charge in [0.1, 0.15) is 0 Å². The zero-order valence-corrected chi connectivity index (χ0v) is 8.52. The Labute approximate surface area is 82.2 Å². The maximum Gasteiger partial charge on any atom is 0.0779 e. The molecule has 0 aliphatic carbocycles. The Morgan fingerprint density at radius 1 is 1.00 bits per heavy atom. The van der Waals surface area contributed by atoms with Crippen molar-refractivity contribution in [3.8, 4) is 0 Å². The molecule has 0 aliphatic rings. The monoisotopic (exact) mass is 258 g/mol. The highest BCUT2D eigenvalue weighted by atomic mass is 79.9. The molecule has 0 fully saturated rings. The number of benzene rings is 1. The van der Waals surface area contributed by atoms with Crippen molar-refractivity contribution in [2.45, 2.75) is 0 Å². The average molecular weight is 260 g/mol. The standard InChI is InChI=1S/C6H2BrCl3/c7-3-1-4(8)6(10)5(9)2-3/h1-2H. The summed E-state index contributed by atoms with van der Waals surface area (Å²) in [6, 6.07) is 3.38. The summed E-state index contributed by atoms with van der Waals surface area (Å²) in [6.45, 7) is 0. The first kappa shape index (κ1) is 8.66. The Hall–Kier alpha value is 0.570. The summed E-state index contributed by atoms with van der Waals surface area (Å²) in [5.41, 5.74) is 0. The van der Waals surface area contributed by atoms with Gasteiger partial charge in [-0.05, 0) is 12.1 Å². The lowest BCUT2D eigenvalue weighted by molar-refractivity contribution is 1.65. The van der Waals surface area contributed by atoms with Crippen molar-refractivity contribution in [2.75, 3.05) is 0 Å². The van der Waals surface area contributed by atoms with E-state index in [1.807, 2.05) is 0 Å². The van der Waals surface area contributed by atoms with Crippen molar-refractivity contribution < 1.29 is 0 Å². The van der Waals surface area contributed by atoms with Crippen molar-refractivity contribution in [2.24, 2.45) is 0 Å². The van der Waals surface area contributed by atoms with Crippen molar-refractivity contribution in [1.82, 2.24) is 0 Å². The van der Waals surface area contributed by atoms with Crippen LogP contribution in [0.5, 0.6) is 0 Å². The van der Waals surface area contributed by atoms with E-state index < -0.39 is 0 Å². The summed E-state index contributed by atoms with van der Waals surface area (Å²) in [5.74, 6) is 0. The fourth-order valence-electron chi connectivity index (χ4n) is 0.525. The van der Waals surface area contributed by atoms with Crippen LogP contribution in [0.1, 0.15) is 0 Å². The van der Waals surface area contributed by atoms with Crippen LogP contribution in [0.3, 0.4) is 0 Å². The van der Waals surface area contributed by atoms with E-state index in [2.05, 4.69) is 15.9 Å². The van der Waals surface area contributed by atoms with Crippen LogP contribution < -0.4 is 0 Å². The third-order valence-electron chi connectivity index (χ3n) is 0.949. The van der Waals surface area contributed by atoms with Gasteiger partial charge in [-0.15, -0.1) is 0 Å². The van der Waals surface area contributed by atoms with Gasteiger partial charge >= 0.3 is 0 Å². The zero-order valence-electron chi connectivity index (χ0n) is 4.67. The smallest absolute Gasteiger partial charge is 0.0779 e. The van der Waals surface area contributed by atoms with Gasteiger partial charge in [0.15, 0.2) is 0 Å². The average Bonchev–Trinajstić information content (AvgIpc) is 1.82. The molecule has 10 heavy (non-hydrogen) atoms. The van der Waals surface area contributed by atoms with Crippen LogP contribution in [0.2, 0.25) is 15.1 Å². The number of hydrogen-bond acceptors (Lipinski definition) is 0. The molecule has 0 amide bonds. The lowest BCUT2D eigenvalue weighted by Gasteiger charge is -1.98. The molecule has 54 valence electrons. The highest BCUT2D eigenvalue weighted by Crippen LogP contribution is 2.32. The molecule has 0 saturated heterocycles. The molecule has 0 unspecified atom stereocenters. The number of rotatable bonds is 0. The van der Waals surface area contributed by atoms with Gasteiger partial charge in [0.2, 0.25) is 0 Å². The molecule has 0 heterocycles. The van der Waals surface area contributed by atoms with Crippen LogP contribution in [-0.2, 0) is 0 Å². The summed E-state index contributed by atoms with van der Waals surface area (Å²) >= 11 is 20.2. The second-order valence-corrected chi connectivity index (χ2v) is 3.79. The van der Waals surface area contributed by atoms with Crippen LogP contribution in [-0.4, -0.2) is 0 Å². The van der Waals surface area contributed by atoms with E-state index >= 15 is 0 Å². The van der Waals surface area contributed by atoms with Crippen molar-refractivity contribution in [3.63, 3.8) is 0 Å². The van der Waals surface area contributed by atoms with Gasteiger partial charge in [0.25, 0.3) is 0 Å². The maximum absolute atomic E-state index is 5.67. The van der Waals surface area contributed by atoms with Crippen LogP contribution in [0.25, 0.3) is 0 Å². The van der Waals surface area contributed by atoms with Crippen molar-refractivity contribution >= 4 is 50.7 Å². The molecule has 0 bridgehead atoms. The number of hydrogen-bond donors (Lipinski definition) is 0. The molecule has 0 saturated carbocycles. The summed E-state index contributed by atoms with van der Waals surface area (Å²) in [5, 5.41) is 1.31. The fourth-order valence-corrected chi connectivity index (χ4v) is 1.84. The summed E-state index contributed by atoms with van der Waals surface area (Å²) in [6.07, 6.45) is 0. The quantitative estimate of drug-likeness (QED) is 0.479. The maximum atomic E-state index is 5.67. The van der Waals surface area contributed by atoms with Crippen LogP contribution in [0, 0.1) is 0 Å². The molecule has 0 atom stereocenters. The van der Waals surface area contributed by atoms with E-state index in [0.717, 1.165) is 4.47 Å². The normalized spacial score (nSPS) is 10.0. The Bertz CT molecular complexity index is 236. The fraction of sp³-hybridized carbons (Fsp3) is 0.